The minimum Gasteiger partial charge on any atom is -0.394 e. The van der Waals surface area contributed by atoms with Crippen molar-refractivity contribution in [3.63, 3.8) is 0 Å². The van der Waals surface area contributed by atoms with E-state index in [-0.39, 0.29) is 6.61 Å². The fourth-order valence-electron chi connectivity index (χ4n) is 3.63. The largest absolute Gasteiger partial charge is 0.397 e. The molecular weight excluding hydrogens is 544 g/mol. The maximum atomic E-state index is 11.3. The van der Waals surface area contributed by atoms with Gasteiger partial charge in [0, 0.05) is 0 Å². The summed E-state index contributed by atoms with van der Waals surface area (Å²) >= 11 is 0. The van der Waals surface area contributed by atoms with Crippen LogP contribution in [0.2, 0.25) is 0 Å². The van der Waals surface area contributed by atoms with Crippen molar-refractivity contribution in [2.75, 3.05) is 13.2 Å². The van der Waals surface area contributed by atoms with Gasteiger partial charge in [-0.3, -0.25) is 13.7 Å². The molecule has 3 saturated heterocycles. The number of fused-ring (bicyclic) bond motifs is 2. The van der Waals surface area contributed by atoms with Crippen LogP contribution in [0.3, 0.4) is 0 Å². The van der Waals surface area contributed by atoms with Crippen molar-refractivity contribution in [2.45, 2.75) is 61.4 Å². The molecule has 0 aliphatic carbocycles. The molecule has 0 aromatic rings. The molecule has 0 saturated carbocycles. The number of hydrogen-bond donors (Lipinski definition) is 6. The molecule has 3 aliphatic rings. The number of hydrogen-bond acceptors (Lipinski definition) is 16. The van der Waals surface area contributed by atoms with Gasteiger partial charge in [-0.2, -0.15) is 25.3 Å². The van der Waals surface area contributed by atoms with Crippen LogP contribution in [-0.2, 0) is 62.7 Å². The van der Waals surface area contributed by atoms with Crippen molar-refractivity contribution in [3.8, 4) is 0 Å². The van der Waals surface area contributed by atoms with Gasteiger partial charge in [-0.15, -0.1) is 0 Å². The van der Waals surface area contributed by atoms with Gasteiger partial charge in [0.25, 0.3) is 0 Å². The van der Waals surface area contributed by atoms with E-state index in [9.17, 15) is 40.6 Å². The van der Waals surface area contributed by atoms with Crippen molar-refractivity contribution in [1.82, 2.24) is 0 Å². The van der Waals surface area contributed by atoms with Crippen molar-refractivity contribution in [2.24, 2.45) is 0 Å². The van der Waals surface area contributed by atoms with Crippen molar-refractivity contribution < 1.29 is 85.7 Å². The first kappa shape index (κ1) is 27.9. The molecule has 0 amide bonds. The second-order valence-corrected chi connectivity index (χ2v) is 10.3. The molecule has 0 unspecified atom stereocenters. The standard InChI is InChI=1S/C12H20O19S3/c13-1-3-6(29-32(16,17)18)8(9(11(15)26-3)30-33(19,20)21)28-12-10(31-34(22,23)24)7-5(14)4(27-12)2-25-7/h3-15H,1-2H2,(H,16,17,18)(H,19,20,21)(H,22,23,24)/t3-,4-,5+,6+,7+,8+,9-,10-,11-,12-/m1/s1. The molecule has 0 aromatic carbocycles. The molecule has 19 nitrogen and oxygen atoms in total. The molecule has 3 fully saturated rings. The zero-order valence-electron chi connectivity index (χ0n) is 16.4. The number of ether oxygens (including phenoxy) is 4. The van der Waals surface area contributed by atoms with Crippen LogP contribution in [0.4, 0.5) is 0 Å². The molecular formula is C12H20O19S3. The lowest BCUT2D eigenvalue weighted by atomic mass is 9.98. The fourth-order valence-corrected chi connectivity index (χ4v) is 5.11. The summed E-state index contributed by atoms with van der Waals surface area (Å²) in [7, 11) is -16.0. The van der Waals surface area contributed by atoms with E-state index in [1.807, 2.05) is 0 Å². The highest BCUT2D eigenvalue weighted by molar-refractivity contribution is 7.81. The summed E-state index contributed by atoms with van der Waals surface area (Å²) in [6, 6.07) is 0. The van der Waals surface area contributed by atoms with E-state index >= 15 is 0 Å². The quantitative estimate of drug-likeness (QED) is 0.143. The van der Waals surface area contributed by atoms with Gasteiger partial charge in [0.15, 0.2) is 24.8 Å². The second kappa shape index (κ2) is 10.0. The maximum absolute atomic E-state index is 11.3. The molecule has 3 heterocycles. The summed E-state index contributed by atoms with van der Waals surface area (Å²) in [6.45, 7) is -1.44. The Hall–Kier alpha value is -0.670. The number of aliphatic hydroxyl groups excluding tert-OH is 3. The molecule has 0 spiro atoms. The molecule has 2 bridgehead atoms. The predicted octanol–water partition coefficient (Wildman–Crippen LogP) is -4.87. The molecule has 22 heteroatoms. The summed E-state index contributed by atoms with van der Waals surface area (Å²) in [5, 5.41) is 29.7. The monoisotopic (exact) mass is 564 g/mol. The summed E-state index contributed by atoms with van der Waals surface area (Å²) in [5.41, 5.74) is 0. The average Bonchev–Trinajstić information content (AvgIpc) is 2.91. The van der Waals surface area contributed by atoms with E-state index in [0.29, 0.717) is 0 Å². The van der Waals surface area contributed by atoms with Crippen molar-refractivity contribution >= 4 is 31.2 Å². The molecule has 3 aliphatic heterocycles. The summed E-state index contributed by atoms with van der Waals surface area (Å²) in [4.78, 5) is 0. The van der Waals surface area contributed by atoms with Crippen LogP contribution in [0.1, 0.15) is 0 Å². The topological polar surface area (TPSA) is 288 Å². The van der Waals surface area contributed by atoms with E-state index in [1.54, 1.807) is 0 Å². The third kappa shape index (κ3) is 6.75. The first-order valence-corrected chi connectivity index (χ1v) is 13.1. The first-order valence-electron chi connectivity index (χ1n) is 9.01. The van der Waals surface area contributed by atoms with Gasteiger partial charge < -0.3 is 34.3 Å². The minimum absolute atomic E-state index is 0.331. The molecule has 34 heavy (non-hydrogen) atoms. The highest BCUT2D eigenvalue weighted by Gasteiger charge is 2.57. The molecule has 0 aromatic heterocycles. The average molecular weight is 564 g/mol. The van der Waals surface area contributed by atoms with Crippen LogP contribution in [0.15, 0.2) is 0 Å². The summed E-state index contributed by atoms with van der Waals surface area (Å²) in [6.07, 6.45) is -19.2. The lowest BCUT2D eigenvalue weighted by Gasteiger charge is -2.45. The number of aliphatic hydroxyl groups is 3. The maximum Gasteiger partial charge on any atom is 0.397 e. The van der Waals surface area contributed by atoms with Gasteiger partial charge >= 0.3 is 31.2 Å². The Bertz CT molecular complexity index is 1040. The lowest BCUT2D eigenvalue weighted by Crippen LogP contribution is -2.65. The molecule has 3 rings (SSSR count). The zero-order chi connectivity index (χ0) is 25.6. The number of rotatable bonds is 9. The first-order chi connectivity index (χ1) is 15.5. The van der Waals surface area contributed by atoms with E-state index in [0.717, 1.165) is 0 Å². The Balaban J connectivity index is 2.01. The molecule has 200 valence electrons. The van der Waals surface area contributed by atoms with Gasteiger partial charge in [-0.25, -0.2) is 12.5 Å². The van der Waals surface area contributed by atoms with Crippen LogP contribution in [0, 0.1) is 0 Å². The Kier molecular flexibility index (Phi) is 8.21. The van der Waals surface area contributed by atoms with Crippen LogP contribution >= 0.6 is 0 Å². The smallest absolute Gasteiger partial charge is 0.394 e. The van der Waals surface area contributed by atoms with E-state index in [1.165, 1.54) is 0 Å². The minimum atomic E-state index is -5.40. The van der Waals surface area contributed by atoms with E-state index in [2.05, 4.69) is 12.5 Å². The Morgan fingerprint density at radius 1 is 0.765 bits per heavy atom. The van der Waals surface area contributed by atoms with Crippen LogP contribution < -0.4 is 0 Å². The van der Waals surface area contributed by atoms with Crippen LogP contribution in [0.25, 0.3) is 0 Å². The SMILES string of the molecule is O=S(=O)(O)O[C@@H]1[C@@H](O[C@H]2O[C@@H]3CO[C@@H]([C@H]3O)[C@H]2OS(=O)(=O)O)[C@@H](OS(=O)(=O)O)[C@@H](CO)O[C@H]1O. The lowest BCUT2D eigenvalue weighted by molar-refractivity contribution is -0.333. The second-order valence-electron chi connectivity index (χ2n) is 7.15. The third-order valence-electron chi connectivity index (χ3n) is 4.85. The normalized spacial score (nSPS) is 41.5. The van der Waals surface area contributed by atoms with Gasteiger partial charge in [-0.05, 0) is 0 Å². The Labute approximate surface area is 191 Å². The van der Waals surface area contributed by atoms with E-state index in [4.69, 9.17) is 32.6 Å². The molecule has 0 radical (unpaired) electrons. The van der Waals surface area contributed by atoms with Crippen molar-refractivity contribution in [1.29, 1.82) is 0 Å². The predicted molar refractivity (Wildman–Crippen MR) is 96.5 cm³/mol. The third-order valence-corrected chi connectivity index (χ3v) is 6.25. The molecule has 10 atom stereocenters. The zero-order valence-corrected chi connectivity index (χ0v) is 18.9. The van der Waals surface area contributed by atoms with Crippen LogP contribution in [0.5, 0.6) is 0 Å². The Morgan fingerprint density at radius 3 is 1.82 bits per heavy atom. The Morgan fingerprint density at radius 2 is 1.29 bits per heavy atom. The fraction of sp³-hybridized carbons (Fsp3) is 1.00. The highest BCUT2D eigenvalue weighted by atomic mass is 32.3. The van der Waals surface area contributed by atoms with Gasteiger partial charge in [0.2, 0.25) is 0 Å². The highest BCUT2D eigenvalue weighted by Crippen LogP contribution is 2.36. The molecule has 6 N–H and O–H groups in total. The van der Waals surface area contributed by atoms with Crippen LogP contribution in [-0.4, -0.2) is 129 Å². The summed E-state index contributed by atoms with van der Waals surface area (Å²) in [5.74, 6) is 0. The van der Waals surface area contributed by atoms with Gasteiger partial charge in [0.05, 0.1) is 13.2 Å². The van der Waals surface area contributed by atoms with Gasteiger partial charge in [-0.1, -0.05) is 0 Å². The van der Waals surface area contributed by atoms with Crippen molar-refractivity contribution in [3.05, 3.63) is 0 Å². The van der Waals surface area contributed by atoms with E-state index < -0.39 is 99.2 Å². The summed E-state index contributed by atoms with van der Waals surface area (Å²) < 4.78 is 129. The van der Waals surface area contributed by atoms with Gasteiger partial charge in [0.1, 0.15) is 36.6 Å².